The van der Waals surface area contributed by atoms with Gasteiger partial charge < -0.3 is 16.0 Å². The maximum Gasteiger partial charge on any atom is 0.257 e. The summed E-state index contributed by atoms with van der Waals surface area (Å²) in [6.45, 7) is 4.03. The third-order valence-corrected chi connectivity index (χ3v) is 6.31. The SMILES string of the molecule is Cc1cc(NC(=O)CCCN2C(=O)c3ccccc3N3C(=O)CCC23C)ccc1C(N)=O. The summed E-state index contributed by atoms with van der Waals surface area (Å²) in [5.41, 5.74) is 7.45. The highest BCUT2D eigenvalue weighted by Gasteiger charge is 2.52. The second-order valence-corrected chi connectivity index (χ2v) is 8.47. The molecule has 4 rings (SSSR count). The number of para-hydroxylation sites is 1. The normalized spacial score (nSPS) is 19.6. The molecule has 0 saturated carbocycles. The van der Waals surface area contributed by atoms with E-state index in [9.17, 15) is 19.2 Å². The summed E-state index contributed by atoms with van der Waals surface area (Å²) in [6.07, 6.45) is 1.61. The Morgan fingerprint density at radius 2 is 1.91 bits per heavy atom. The van der Waals surface area contributed by atoms with Gasteiger partial charge in [-0.1, -0.05) is 12.1 Å². The second kappa shape index (κ2) is 8.11. The minimum absolute atomic E-state index is 0.00460. The van der Waals surface area contributed by atoms with Crippen LogP contribution in [0.4, 0.5) is 11.4 Å². The fourth-order valence-corrected chi connectivity index (χ4v) is 4.68. The van der Waals surface area contributed by atoms with Crippen molar-refractivity contribution in [1.82, 2.24) is 4.90 Å². The number of nitrogens with two attached hydrogens (primary N) is 1. The molecule has 2 heterocycles. The number of aryl methyl sites for hydroxylation is 1. The molecule has 2 aromatic carbocycles. The summed E-state index contributed by atoms with van der Waals surface area (Å²) in [5, 5.41) is 2.82. The average Bonchev–Trinajstić information content (AvgIpc) is 3.05. The van der Waals surface area contributed by atoms with E-state index in [0.717, 1.165) is 0 Å². The lowest BCUT2D eigenvalue weighted by Crippen LogP contribution is -2.62. The summed E-state index contributed by atoms with van der Waals surface area (Å²) >= 11 is 0. The van der Waals surface area contributed by atoms with Gasteiger partial charge in [-0.25, -0.2) is 0 Å². The van der Waals surface area contributed by atoms with E-state index in [2.05, 4.69) is 5.32 Å². The van der Waals surface area contributed by atoms with Crippen LogP contribution in [-0.2, 0) is 9.59 Å². The van der Waals surface area contributed by atoms with Gasteiger partial charge in [0.15, 0.2) is 0 Å². The Morgan fingerprint density at radius 1 is 1.16 bits per heavy atom. The van der Waals surface area contributed by atoms with Crippen molar-refractivity contribution >= 4 is 35.0 Å². The molecule has 166 valence electrons. The fourth-order valence-electron chi connectivity index (χ4n) is 4.68. The molecule has 1 unspecified atom stereocenters. The first-order chi connectivity index (χ1) is 15.2. The Balaban J connectivity index is 1.43. The van der Waals surface area contributed by atoms with E-state index in [4.69, 9.17) is 5.73 Å². The molecule has 1 fully saturated rings. The number of primary amides is 1. The quantitative estimate of drug-likeness (QED) is 0.728. The van der Waals surface area contributed by atoms with E-state index in [1.54, 1.807) is 47.1 Å². The first kappa shape index (κ1) is 21.5. The van der Waals surface area contributed by atoms with Crippen LogP contribution in [0.2, 0.25) is 0 Å². The van der Waals surface area contributed by atoms with E-state index >= 15 is 0 Å². The second-order valence-electron chi connectivity index (χ2n) is 8.47. The van der Waals surface area contributed by atoms with Crippen LogP contribution >= 0.6 is 0 Å². The van der Waals surface area contributed by atoms with Crippen LogP contribution in [0.3, 0.4) is 0 Å². The Morgan fingerprint density at radius 3 is 2.62 bits per heavy atom. The van der Waals surface area contributed by atoms with Gasteiger partial charge in [0.2, 0.25) is 17.7 Å². The largest absolute Gasteiger partial charge is 0.366 e. The number of hydrogen-bond donors (Lipinski definition) is 2. The number of anilines is 2. The number of nitrogens with zero attached hydrogens (tertiary/aromatic N) is 2. The molecular formula is C24H26N4O4. The van der Waals surface area contributed by atoms with Crippen molar-refractivity contribution in [2.75, 3.05) is 16.8 Å². The standard InChI is InChI=1S/C24H26N4O4/c1-15-14-16(9-10-17(15)22(25)31)26-20(29)8-5-13-27-23(32)18-6-3-4-7-19(18)28-21(30)11-12-24(27,28)2/h3-4,6-7,9-10,14H,5,8,11-13H2,1-2H3,(H2,25,31)(H,26,29). The maximum atomic E-state index is 13.2. The molecule has 0 spiro atoms. The van der Waals surface area contributed by atoms with Crippen molar-refractivity contribution in [3.05, 3.63) is 59.2 Å². The van der Waals surface area contributed by atoms with Crippen LogP contribution in [-0.4, -0.2) is 40.7 Å². The van der Waals surface area contributed by atoms with Crippen molar-refractivity contribution in [2.45, 2.75) is 45.2 Å². The summed E-state index contributed by atoms with van der Waals surface area (Å²) in [5.74, 6) is -0.816. The molecule has 4 amide bonds. The number of rotatable bonds is 6. The molecule has 0 aliphatic carbocycles. The molecule has 3 N–H and O–H groups in total. The van der Waals surface area contributed by atoms with Gasteiger partial charge >= 0.3 is 0 Å². The molecule has 1 saturated heterocycles. The Kier molecular flexibility index (Phi) is 5.46. The molecule has 0 aromatic heterocycles. The van der Waals surface area contributed by atoms with Crippen LogP contribution in [0.15, 0.2) is 42.5 Å². The van der Waals surface area contributed by atoms with Gasteiger partial charge in [-0.15, -0.1) is 0 Å². The van der Waals surface area contributed by atoms with Crippen LogP contribution in [0.5, 0.6) is 0 Å². The number of carbonyl (C=O) groups excluding carboxylic acids is 4. The van der Waals surface area contributed by atoms with Gasteiger partial charge in [0.25, 0.3) is 5.91 Å². The van der Waals surface area contributed by atoms with Crippen molar-refractivity contribution < 1.29 is 19.2 Å². The average molecular weight is 434 g/mol. The predicted molar refractivity (Wildman–Crippen MR) is 120 cm³/mol. The van der Waals surface area contributed by atoms with Gasteiger partial charge in [0, 0.05) is 30.6 Å². The van der Waals surface area contributed by atoms with E-state index < -0.39 is 11.6 Å². The molecule has 2 aromatic rings. The fraction of sp³-hybridized carbons (Fsp3) is 0.333. The number of hydrogen-bond acceptors (Lipinski definition) is 4. The predicted octanol–water partition coefficient (Wildman–Crippen LogP) is 2.81. The Hall–Kier alpha value is -3.68. The van der Waals surface area contributed by atoms with Gasteiger partial charge in [-0.3, -0.25) is 24.1 Å². The first-order valence-electron chi connectivity index (χ1n) is 10.7. The lowest BCUT2D eigenvalue weighted by molar-refractivity contribution is -0.118. The third-order valence-electron chi connectivity index (χ3n) is 6.31. The van der Waals surface area contributed by atoms with Gasteiger partial charge in [-0.05, 0) is 62.6 Å². The van der Waals surface area contributed by atoms with Crippen LogP contribution in [0.1, 0.15) is 58.9 Å². The lowest BCUT2D eigenvalue weighted by atomic mass is 9.98. The highest BCUT2D eigenvalue weighted by molar-refractivity contribution is 6.10. The number of fused-ring (bicyclic) bond motifs is 3. The van der Waals surface area contributed by atoms with Crippen molar-refractivity contribution in [3.63, 3.8) is 0 Å². The minimum atomic E-state index is -0.722. The van der Waals surface area contributed by atoms with Gasteiger partial charge in [-0.2, -0.15) is 0 Å². The summed E-state index contributed by atoms with van der Waals surface area (Å²) in [7, 11) is 0. The van der Waals surface area contributed by atoms with E-state index in [1.807, 2.05) is 19.1 Å². The molecular weight excluding hydrogens is 408 g/mol. The minimum Gasteiger partial charge on any atom is -0.366 e. The highest BCUT2D eigenvalue weighted by atomic mass is 16.2. The Bertz CT molecular complexity index is 1130. The maximum absolute atomic E-state index is 13.2. The third kappa shape index (κ3) is 3.62. The van der Waals surface area contributed by atoms with Gasteiger partial charge in [0.05, 0.1) is 11.3 Å². The molecule has 2 aliphatic heterocycles. The van der Waals surface area contributed by atoms with E-state index in [1.165, 1.54) is 0 Å². The smallest absolute Gasteiger partial charge is 0.257 e. The Labute approximate surface area is 186 Å². The molecule has 8 nitrogen and oxygen atoms in total. The molecule has 8 heteroatoms. The summed E-state index contributed by atoms with van der Waals surface area (Å²) in [4.78, 5) is 53.1. The van der Waals surface area contributed by atoms with Crippen molar-refractivity contribution in [3.8, 4) is 0 Å². The first-order valence-corrected chi connectivity index (χ1v) is 10.7. The molecule has 32 heavy (non-hydrogen) atoms. The van der Waals surface area contributed by atoms with Crippen LogP contribution in [0, 0.1) is 6.92 Å². The summed E-state index contributed by atoms with van der Waals surface area (Å²) in [6, 6.07) is 12.1. The molecule has 2 aliphatic rings. The monoisotopic (exact) mass is 434 g/mol. The lowest BCUT2D eigenvalue weighted by Gasteiger charge is -2.48. The van der Waals surface area contributed by atoms with Crippen LogP contribution < -0.4 is 16.0 Å². The topological polar surface area (TPSA) is 113 Å². The number of carbonyl (C=O) groups is 4. The zero-order chi connectivity index (χ0) is 23.0. The number of nitrogens with one attached hydrogen (secondary N) is 1. The van der Waals surface area contributed by atoms with Gasteiger partial charge in [0.1, 0.15) is 5.66 Å². The zero-order valence-electron chi connectivity index (χ0n) is 18.2. The highest BCUT2D eigenvalue weighted by Crippen LogP contribution is 2.44. The van der Waals surface area contributed by atoms with Crippen molar-refractivity contribution in [1.29, 1.82) is 0 Å². The molecule has 0 radical (unpaired) electrons. The number of benzene rings is 2. The zero-order valence-corrected chi connectivity index (χ0v) is 18.2. The number of amides is 4. The van der Waals surface area contributed by atoms with Crippen molar-refractivity contribution in [2.24, 2.45) is 5.73 Å². The van der Waals surface area contributed by atoms with E-state index in [0.29, 0.717) is 53.9 Å². The molecule has 1 atom stereocenters. The summed E-state index contributed by atoms with van der Waals surface area (Å²) < 4.78 is 0. The van der Waals surface area contributed by atoms with Crippen LogP contribution in [0.25, 0.3) is 0 Å². The molecule has 0 bridgehead atoms. The van der Waals surface area contributed by atoms with E-state index in [-0.39, 0.29) is 24.1 Å².